The van der Waals surface area contributed by atoms with E-state index in [9.17, 15) is 14.0 Å². The molecular formula is C29H27ClFN5O2. The monoisotopic (exact) mass is 531 g/mol. The Labute approximate surface area is 225 Å². The Kier molecular flexibility index (Phi) is 6.19. The van der Waals surface area contributed by atoms with Gasteiger partial charge in [0.25, 0.3) is 5.91 Å². The van der Waals surface area contributed by atoms with Crippen molar-refractivity contribution in [2.24, 2.45) is 11.3 Å². The number of aryl methyl sites for hydroxylation is 1. The molecule has 194 valence electrons. The van der Waals surface area contributed by atoms with Gasteiger partial charge >= 0.3 is 0 Å². The molecule has 9 heteroatoms. The predicted molar refractivity (Wildman–Crippen MR) is 141 cm³/mol. The van der Waals surface area contributed by atoms with E-state index in [1.807, 2.05) is 17.9 Å². The first-order chi connectivity index (χ1) is 18.3. The number of carbonyl (C=O) groups is 2. The minimum Gasteiger partial charge on any atom is -0.342 e. The van der Waals surface area contributed by atoms with Crippen LogP contribution in [-0.4, -0.2) is 44.6 Å². The average Bonchev–Trinajstić information content (AvgIpc) is 3.52. The number of rotatable bonds is 4. The summed E-state index contributed by atoms with van der Waals surface area (Å²) in [5.41, 5.74) is 2.56. The largest absolute Gasteiger partial charge is 0.342 e. The summed E-state index contributed by atoms with van der Waals surface area (Å²) in [6.07, 6.45) is 7.89. The molecule has 1 aromatic carbocycles. The van der Waals surface area contributed by atoms with Crippen LogP contribution in [0.3, 0.4) is 0 Å². The lowest BCUT2D eigenvalue weighted by Gasteiger charge is -2.45. The second-order valence-corrected chi connectivity index (χ2v) is 11.1. The van der Waals surface area contributed by atoms with Gasteiger partial charge in [-0.25, -0.2) is 9.37 Å². The summed E-state index contributed by atoms with van der Waals surface area (Å²) in [6.45, 7) is 3.47. The zero-order chi connectivity index (χ0) is 26.4. The van der Waals surface area contributed by atoms with E-state index in [1.54, 1.807) is 23.0 Å². The highest BCUT2D eigenvalue weighted by molar-refractivity contribution is 6.34. The second-order valence-electron chi connectivity index (χ2n) is 10.7. The van der Waals surface area contributed by atoms with Gasteiger partial charge in [-0.2, -0.15) is 5.10 Å². The molecule has 3 aliphatic rings. The van der Waals surface area contributed by atoms with Crippen LogP contribution in [-0.2, 0) is 4.79 Å². The SMILES string of the molecule is Cc1cc(C#Cc2ccc(F)cc2)cnc1NC(=O)c1c(Cl)cnn1C1CC2(CCN(C(=O)C3CC3)C2)C1. The maximum atomic E-state index is 13.3. The van der Waals surface area contributed by atoms with Crippen LogP contribution < -0.4 is 5.32 Å². The third-order valence-electron chi connectivity index (χ3n) is 7.83. The Bertz CT molecular complexity index is 1480. The number of hydrogen-bond donors (Lipinski definition) is 1. The summed E-state index contributed by atoms with van der Waals surface area (Å²) in [5.74, 6) is 6.29. The summed E-state index contributed by atoms with van der Waals surface area (Å²) in [5, 5.41) is 7.58. The van der Waals surface area contributed by atoms with Crippen LogP contribution in [0.5, 0.6) is 0 Å². The van der Waals surface area contributed by atoms with Crippen LogP contribution in [0.4, 0.5) is 10.2 Å². The number of nitrogens with one attached hydrogen (secondary N) is 1. The van der Waals surface area contributed by atoms with Crippen molar-refractivity contribution >= 4 is 29.2 Å². The van der Waals surface area contributed by atoms with Crippen LogP contribution in [0.15, 0.2) is 42.7 Å². The van der Waals surface area contributed by atoms with Gasteiger partial charge in [-0.1, -0.05) is 23.4 Å². The Balaban J connectivity index is 1.12. The number of halogens is 2. The number of nitrogens with zero attached hydrogens (tertiary/aromatic N) is 4. The molecule has 1 saturated heterocycles. The smallest absolute Gasteiger partial charge is 0.276 e. The first-order valence-corrected chi connectivity index (χ1v) is 13.3. The maximum absolute atomic E-state index is 13.3. The fourth-order valence-corrected chi connectivity index (χ4v) is 5.82. The van der Waals surface area contributed by atoms with Crippen LogP contribution >= 0.6 is 11.6 Å². The van der Waals surface area contributed by atoms with E-state index >= 15 is 0 Å². The lowest BCUT2D eigenvalue weighted by Crippen LogP contribution is -2.43. The molecule has 1 aliphatic heterocycles. The maximum Gasteiger partial charge on any atom is 0.276 e. The highest BCUT2D eigenvalue weighted by Gasteiger charge is 2.52. The summed E-state index contributed by atoms with van der Waals surface area (Å²) < 4.78 is 14.8. The van der Waals surface area contributed by atoms with Gasteiger partial charge in [-0.15, -0.1) is 0 Å². The Morgan fingerprint density at radius 1 is 1.13 bits per heavy atom. The van der Waals surface area contributed by atoms with Gasteiger partial charge in [0.2, 0.25) is 5.91 Å². The Morgan fingerprint density at radius 3 is 2.58 bits per heavy atom. The van der Waals surface area contributed by atoms with E-state index in [0.29, 0.717) is 33.6 Å². The third kappa shape index (κ3) is 4.79. The molecule has 3 fully saturated rings. The van der Waals surface area contributed by atoms with Crippen LogP contribution in [0.1, 0.15) is 65.3 Å². The van der Waals surface area contributed by atoms with Crippen molar-refractivity contribution < 1.29 is 14.0 Å². The number of hydrogen-bond acceptors (Lipinski definition) is 4. The van der Waals surface area contributed by atoms with Gasteiger partial charge in [-0.05, 0) is 80.3 Å². The summed E-state index contributed by atoms with van der Waals surface area (Å²) in [4.78, 5) is 32.2. The summed E-state index contributed by atoms with van der Waals surface area (Å²) in [7, 11) is 0. The highest BCUT2D eigenvalue weighted by Crippen LogP contribution is 2.54. The zero-order valence-electron chi connectivity index (χ0n) is 21.0. The number of amides is 2. The fraction of sp³-hybridized carbons (Fsp3) is 0.379. The van der Waals surface area contributed by atoms with Crippen molar-refractivity contribution in [1.29, 1.82) is 0 Å². The molecule has 2 aromatic heterocycles. The molecule has 7 nitrogen and oxygen atoms in total. The second kappa shape index (κ2) is 9.55. The lowest BCUT2D eigenvalue weighted by molar-refractivity contribution is -0.132. The van der Waals surface area contributed by atoms with Crippen molar-refractivity contribution in [3.63, 3.8) is 0 Å². The third-order valence-corrected chi connectivity index (χ3v) is 8.11. The number of aromatic nitrogens is 3. The van der Waals surface area contributed by atoms with E-state index in [0.717, 1.165) is 50.8 Å². The topological polar surface area (TPSA) is 80.1 Å². The fourth-order valence-electron chi connectivity index (χ4n) is 5.61. The van der Waals surface area contributed by atoms with Crippen molar-refractivity contribution in [1.82, 2.24) is 19.7 Å². The molecule has 2 amide bonds. The number of benzene rings is 1. The van der Waals surface area contributed by atoms with Gasteiger partial charge in [0.15, 0.2) is 0 Å². The highest BCUT2D eigenvalue weighted by atomic mass is 35.5. The lowest BCUT2D eigenvalue weighted by atomic mass is 9.65. The van der Waals surface area contributed by atoms with Crippen molar-refractivity contribution in [2.75, 3.05) is 18.4 Å². The van der Waals surface area contributed by atoms with E-state index in [1.165, 1.54) is 18.3 Å². The molecular weight excluding hydrogens is 505 g/mol. The minimum absolute atomic E-state index is 0.0670. The Morgan fingerprint density at radius 2 is 1.87 bits per heavy atom. The molecule has 1 spiro atoms. The molecule has 0 bridgehead atoms. The van der Waals surface area contributed by atoms with Crippen molar-refractivity contribution in [3.05, 3.63) is 75.9 Å². The van der Waals surface area contributed by atoms with Crippen LogP contribution in [0.25, 0.3) is 0 Å². The van der Waals surface area contributed by atoms with Gasteiger partial charge in [0.1, 0.15) is 17.3 Å². The molecule has 1 N–H and O–H groups in total. The Hall–Kier alpha value is -3.70. The van der Waals surface area contributed by atoms with Gasteiger partial charge < -0.3 is 10.2 Å². The quantitative estimate of drug-likeness (QED) is 0.481. The van der Waals surface area contributed by atoms with Gasteiger partial charge in [-0.3, -0.25) is 14.3 Å². The predicted octanol–water partition coefficient (Wildman–Crippen LogP) is 4.99. The van der Waals surface area contributed by atoms with E-state index in [2.05, 4.69) is 27.2 Å². The zero-order valence-corrected chi connectivity index (χ0v) is 21.8. The molecule has 0 radical (unpaired) electrons. The molecule has 2 aliphatic carbocycles. The van der Waals surface area contributed by atoms with Crippen LogP contribution in [0, 0.1) is 35.9 Å². The van der Waals surface area contributed by atoms with E-state index in [-0.39, 0.29) is 29.1 Å². The molecule has 3 heterocycles. The molecule has 3 aromatic rings. The van der Waals surface area contributed by atoms with Crippen molar-refractivity contribution in [3.8, 4) is 11.8 Å². The number of anilines is 1. The molecule has 2 saturated carbocycles. The minimum atomic E-state index is -0.369. The molecule has 0 atom stereocenters. The molecule has 6 rings (SSSR count). The van der Waals surface area contributed by atoms with Gasteiger partial charge in [0.05, 0.1) is 17.3 Å². The van der Waals surface area contributed by atoms with Crippen molar-refractivity contribution in [2.45, 2.75) is 45.1 Å². The van der Waals surface area contributed by atoms with Gasteiger partial charge in [0, 0.05) is 36.3 Å². The number of carbonyl (C=O) groups excluding carboxylic acids is 2. The normalized spacial score (nSPS) is 22.1. The summed E-state index contributed by atoms with van der Waals surface area (Å²) >= 11 is 6.40. The number of likely N-dealkylation sites (tertiary alicyclic amines) is 1. The standard InChI is InChI=1S/C29H27ClFN5O2/c1-18-12-20(3-2-19-4-8-22(31)9-5-19)15-32-26(18)34-27(37)25-24(30)16-33-36(25)23-13-29(14-23)10-11-35(17-29)28(38)21-6-7-21/h4-5,8-9,12,15-16,21,23H,6-7,10-11,13-14,17H2,1H3,(H,32,34,37). The summed E-state index contributed by atoms with van der Waals surface area (Å²) in [6, 6.07) is 7.86. The van der Waals surface area contributed by atoms with E-state index in [4.69, 9.17) is 11.6 Å². The van der Waals surface area contributed by atoms with Crippen LogP contribution in [0.2, 0.25) is 5.02 Å². The molecule has 0 unspecified atom stereocenters. The van der Waals surface area contributed by atoms with E-state index < -0.39 is 0 Å². The first kappa shape index (κ1) is 24.6. The number of pyridine rings is 1. The average molecular weight is 532 g/mol. The first-order valence-electron chi connectivity index (χ1n) is 12.9. The molecule has 38 heavy (non-hydrogen) atoms.